The Balaban J connectivity index is 1.35. The SMILES string of the molecule is Cc1c(OCC(=O)Nc2ccc3c(c2)OCCO3)ccc2c1oc(=O)c1ccccc12. The Bertz CT molecular complexity index is 1370. The molecule has 2 heterocycles. The van der Waals surface area contributed by atoms with Crippen LogP contribution < -0.4 is 25.2 Å². The van der Waals surface area contributed by atoms with E-state index in [9.17, 15) is 9.59 Å². The number of carbonyl (C=O) groups excluding carboxylic acids is 1. The second kappa shape index (κ2) is 7.68. The molecule has 0 aliphatic carbocycles. The summed E-state index contributed by atoms with van der Waals surface area (Å²) >= 11 is 0. The van der Waals surface area contributed by atoms with Crippen molar-refractivity contribution in [2.45, 2.75) is 6.92 Å². The Labute approximate surface area is 177 Å². The van der Waals surface area contributed by atoms with Gasteiger partial charge in [-0.3, -0.25) is 4.79 Å². The molecule has 3 aromatic carbocycles. The van der Waals surface area contributed by atoms with Crippen molar-refractivity contribution < 1.29 is 23.4 Å². The van der Waals surface area contributed by atoms with Crippen LogP contribution >= 0.6 is 0 Å². The predicted octanol–water partition coefficient (Wildman–Crippen LogP) is 4.04. The fraction of sp³-hybridized carbons (Fsp3) is 0.167. The maximum Gasteiger partial charge on any atom is 0.344 e. The maximum absolute atomic E-state index is 12.4. The highest BCUT2D eigenvalue weighted by Crippen LogP contribution is 2.33. The molecule has 4 aromatic rings. The van der Waals surface area contributed by atoms with E-state index < -0.39 is 5.63 Å². The first-order valence-corrected chi connectivity index (χ1v) is 9.87. The number of anilines is 1. The van der Waals surface area contributed by atoms with Gasteiger partial charge in [-0.25, -0.2) is 4.79 Å². The molecule has 0 fully saturated rings. The van der Waals surface area contributed by atoms with E-state index in [-0.39, 0.29) is 12.5 Å². The highest BCUT2D eigenvalue weighted by Gasteiger charge is 2.15. The average Bonchev–Trinajstić information content (AvgIpc) is 2.79. The van der Waals surface area contributed by atoms with E-state index in [2.05, 4.69) is 5.32 Å². The summed E-state index contributed by atoms with van der Waals surface area (Å²) in [5.74, 6) is 1.40. The fourth-order valence-electron chi connectivity index (χ4n) is 3.68. The van der Waals surface area contributed by atoms with Crippen LogP contribution in [0.5, 0.6) is 17.2 Å². The standard InChI is InChI=1S/C24H19NO6/c1-14-19(9-7-17-16-4-2-3-5-18(16)24(27)31-23(14)17)30-13-22(26)25-15-6-8-20-21(12-15)29-11-10-28-20/h2-9,12H,10-11,13H2,1H3,(H,25,26). The molecule has 1 amide bonds. The van der Waals surface area contributed by atoms with Gasteiger partial charge in [0, 0.05) is 22.7 Å². The molecule has 1 aromatic heterocycles. The first-order chi connectivity index (χ1) is 15.1. The Morgan fingerprint density at radius 1 is 0.968 bits per heavy atom. The molecule has 1 N–H and O–H groups in total. The van der Waals surface area contributed by atoms with Gasteiger partial charge in [0.15, 0.2) is 18.1 Å². The minimum Gasteiger partial charge on any atom is -0.486 e. The molecule has 0 atom stereocenters. The monoisotopic (exact) mass is 417 g/mol. The van der Waals surface area contributed by atoms with Crippen LogP contribution in [0.2, 0.25) is 0 Å². The van der Waals surface area contributed by atoms with E-state index in [1.54, 1.807) is 43.3 Å². The molecule has 0 bridgehead atoms. The Morgan fingerprint density at radius 2 is 1.74 bits per heavy atom. The van der Waals surface area contributed by atoms with Crippen LogP contribution in [0.3, 0.4) is 0 Å². The highest BCUT2D eigenvalue weighted by molar-refractivity contribution is 6.05. The zero-order valence-corrected chi connectivity index (χ0v) is 16.8. The maximum atomic E-state index is 12.4. The number of rotatable bonds is 4. The lowest BCUT2D eigenvalue weighted by Gasteiger charge is -2.19. The molecule has 0 saturated carbocycles. The van der Waals surface area contributed by atoms with Gasteiger partial charge in [0.05, 0.1) is 5.39 Å². The van der Waals surface area contributed by atoms with Gasteiger partial charge in [-0.05, 0) is 42.6 Å². The van der Waals surface area contributed by atoms with Crippen molar-refractivity contribution in [1.82, 2.24) is 0 Å². The van der Waals surface area contributed by atoms with Gasteiger partial charge < -0.3 is 23.9 Å². The minimum absolute atomic E-state index is 0.196. The van der Waals surface area contributed by atoms with Crippen LogP contribution in [-0.2, 0) is 4.79 Å². The Kier molecular flexibility index (Phi) is 4.71. The summed E-state index contributed by atoms with van der Waals surface area (Å²) < 4.78 is 22.3. The van der Waals surface area contributed by atoms with Crippen LogP contribution in [0, 0.1) is 6.92 Å². The van der Waals surface area contributed by atoms with Gasteiger partial charge in [-0.15, -0.1) is 0 Å². The minimum atomic E-state index is -0.403. The van der Waals surface area contributed by atoms with Crippen molar-refractivity contribution >= 4 is 33.3 Å². The van der Waals surface area contributed by atoms with Gasteiger partial charge in [0.2, 0.25) is 0 Å². The van der Waals surface area contributed by atoms with Crippen molar-refractivity contribution in [3.63, 3.8) is 0 Å². The normalized spacial score (nSPS) is 12.7. The summed E-state index contributed by atoms with van der Waals surface area (Å²) in [5.41, 5.74) is 1.30. The van der Waals surface area contributed by atoms with Crippen molar-refractivity contribution in [1.29, 1.82) is 0 Å². The lowest BCUT2D eigenvalue weighted by molar-refractivity contribution is -0.118. The van der Waals surface area contributed by atoms with Gasteiger partial charge in [-0.1, -0.05) is 18.2 Å². The van der Waals surface area contributed by atoms with E-state index >= 15 is 0 Å². The second-order valence-corrected chi connectivity index (χ2v) is 7.20. The Hall–Kier alpha value is -4.00. The number of amides is 1. The van der Waals surface area contributed by atoms with Crippen LogP contribution in [0.25, 0.3) is 21.7 Å². The highest BCUT2D eigenvalue weighted by atomic mass is 16.6. The number of aryl methyl sites for hydroxylation is 1. The second-order valence-electron chi connectivity index (χ2n) is 7.20. The number of fused-ring (bicyclic) bond motifs is 4. The number of hydrogen-bond donors (Lipinski definition) is 1. The number of carbonyl (C=O) groups is 1. The molecule has 7 nitrogen and oxygen atoms in total. The summed E-state index contributed by atoms with van der Waals surface area (Å²) in [4.78, 5) is 24.7. The lowest BCUT2D eigenvalue weighted by atomic mass is 10.0. The zero-order chi connectivity index (χ0) is 21.4. The average molecular weight is 417 g/mol. The van der Waals surface area contributed by atoms with Gasteiger partial charge in [0.1, 0.15) is 24.5 Å². The predicted molar refractivity (Wildman–Crippen MR) is 116 cm³/mol. The molecular formula is C24H19NO6. The zero-order valence-electron chi connectivity index (χ0n) is 16.8. The van der Waals surface area contributed by atoms with Gasteiger partial charge in [-0.2, -0.15) is 0 Å². The molecule has 31 heavy (non-hydrogen) atoms. The topological polar surface area (TPSA) is 87.0 Å². The van der Waals surface area contributed by atoms with Crippen molar-refractivity contribution in [3.05, 3.63) is 70.6 Å². The third-order valence-electron chi connectivity index (χ3n) is 5.17. The van der Waals surface area contributed by atoms with E-state index in [0.717, 1.165) is 10.8 Å². The van der Waals surface area contributed by atoms with Crippen LogP contribution in [0.4, 0.5) is 5.69 Å². The summed E-state index contributed by atoms with van der Waals surface area (Å²) in [6, 6.07) is 16.1. The summed E-state index contributed by atoms with van der Waals surface area (Å²) in [5, 5.41) is 4.95. The summed E-state index contributed by atoms with van der Waals surface area (Å²) in [6.45, 7) is 2.58. The van der Waals surface area contributed by atoms with E-state index in [4.69, 9.17) is 18.6 Å². The lowest BCUT2D eigenvalue weighted by Crippen LogP contribution is -2.21. The fourth-order valence-corrected chi connectivity index (χ4v) is 3.68. The number of ether oxygens (including phenoxy) is 3. The molecule has 5 rings (SSSR count). The van der Waals surface area contributed by atoms with E-state index in [1.807, 2.05) is 18.2 Å². The number of benzene rings is 3. The first-order valence-electron chi connectivity index (χ1n) is 9.87. The number of nitrogens with one attached hydrogen (secondary N) is 1. The molecule has 0 spiro atoms. The molecule has 0 radical (unpaired) electrons. The first kappa shape index (κ1) is 19.0. The largest absolute Gasteiger partial charge is 0.486 e. The molecule has 7 heteroatoms. The van der Waals surface area contributed by atoms with Crippen molar-refractivity contribution in [2.75, 3.05) is 25.1 Å². The van der Waals surface area contributed by atoms with Crippen molar-refractivity contribution in [3.8, 4) is 17.2 Å². The quantitative estimate of drug-likeness (QED) is 0.398. The molecule has 1 aliphatic rings. The van der Waals surface area contributed by atoms with Crippen LogP contribution in [0.1, 0.15) is 5.56 Å². The van der Waals surface area contributed by atoms with Gasteiger partial charge >= 0.3 is 5.63 Å². The smallest absolute Gasteiger partial charge is 0.344 e. The summed E-state index contributed by atoms with van der Waals surface area (Å²) in [7, 11) is 0. The third-order valence-corrected chi connectivity index (χ3v) is 5.17. The third kappa shape index (κ3) is 3.54. The van der Waals surface area contributed by atoms with Crippen molar-refractivity contribution in [2.24, 2.45) is 0 Å². The number of hydrogen-bond acceptors (Lipinski definition) is 6. The van der Waals surface area contributed by atoms with E-state index in [0.29, 0.717) is 52.7 Å². The Morgan fingerprint density at radius 3 is 2.58 bits per heavy atom. The summed E-state index contributed by atoms with van der Waals surface area (Å²) in [6.07, 6.45) is 0. The molecule has 0 unspecified atom stereocenters. The van der Waals surface area contributed by atoms with Crippen LogP contribution in [-0.4, -0.2) is 25.7 Å². The van der Waals surface area contributed by atoms with Gasteiger partial charge in [0.25, 0.3) is 5.91 Å². The van der Waals surface area contributed by atoms with E-state index in [1.165, 1.54) is 0 Å². The molecule has 156 valence electrons. The molecule has 1 aliphatic heterocycles. The van der Waals surface area contributed by atoms with Crippen LogP contribution in [0.15, 0.2) is 63.8 Å². The molecular weight excluding hydrogens is 398 g/mol. The molecule has 0 saturated heterocycles.